The first-order valence-electron chi connectivity index (χ1n) is 5.47. The number of rotatable bonds is 5. The van der Waals surface area contributed by atoms with Gasteiger partial charge in [0, 0.05) is 11.6 Å². The summed E-state index contributed by atoms with van der Waals surface area (Å²) in [5.74, 6) is 0.114. The van der Waals surface area contributed by atoms with Crippen molar-refractivity contribution in [3.63, 3.8) is 0 Å². The lowest BCUT2D eigenvalue weighted by atomic mass is 10.0. The van der Waals surface area contributed by atoms with Gasteiger partial charge in [0.1, 0.15) is 5.75 Å². The van der Waals surface area contributed by atoms with Crippen LogP contribution in [0.15, 0.2) is 47.3 Å². The first-order valence-corrected chi connectivity index (χ1v) is 5.47. The molecule has 1 aromatic heterocycles. The molecule has 0 aliphatic carbocycles. The fourth-order valence-corrected chi connectivity index (χ4v) is 1.76. The highest BCUT2D eigenvalue weighted by Crippen LogP contribution is 2.27. The largest absolute Gasteiger partial charge is 0.472 e. The monoisotopic (exact) mass is 253 g/mol. The van der Waals surface area contributed by atoms with Crippen molar-refractivity contribution in [3.05, 3.63) is 54.0 Å². The third-order valence-corrected chi connectivity index (χ3v) is 2.57. The molecule has 2 rings (SSSR count). The Kier molecular flexibility index (Phi) is 3.94. The summed E-state index contributed by atoms with van der Waals surface area (Å²) in [6.07, 6.45) is 3.63. The van der Waals surface area contributed by atoms with Crippen molar-refractivity contribution in [1.82, 2.24) is 0 Å². The highest BCUT2D eigenvalue weighted by atomic mass is 19.3. The molecule has 1 unspecified atom stereocenters. The molecule has 0 saturated carbocycles. The van der Waals surface area contributed by atoms with E-state index in [-0.39, 0.29) is 5.75 Å². The average molecular weight is 253 g/mol. The van der Waals surface area contributed by atoms with E-state index in [2.05, 4.69) is 4.74 Å². The van der Waals surface area contributed by atoms with E-state index in [1.54, 1.807) is 36.8 Å². The quantitative estimate of drug-likeness (QED) is 0.890. The van der Waals surface area contributed by atoms with E-state index in [1.165, 1.54) is 6.07 Å². The minimum Gasteiger partial charge on any atom is -0.472 e. The zero-order chi connectivity index (χ0) is 13.0. The molecule has 0 radical (unpaired) electrons. The summed E-state index contributed by atoms with van der Waals surface area (Å²) in [5.41, 5.74) is 7.46. The molecule has 5 heteroatoms. The van der Waals surface area contributed by atoms with Crippen LogP contribution in [-0.4, -0.2) is 6.61 Å². The van der Waals surface area contributed by atoms with Crippen molar-refractivity contribution in [2.45, 2.75) is 19.1 Å². The predicted molar refractivity (Wildman–Crippen MR) is 62.4 cm³/mol. The second-order valence-corrected chi connectivity index (χ2v) is 3.86. The van der Waals surface area contributed by atoms with Crippen LogP contribution in [0, 0.1) is 0 Å². The minimum atomic E-state index is -2.85. The Morgan fingerprint density at radius 3 is 2.67 bits per heavy atom. The van der Waals surface area contributed by atoms with Gasteiger partial charge >= 0.3 is 6.61 Å². The molecule has 0 saturated heterocycles. The van der Waals surface area contributed by atoms with Gasteiger partial charge < -0.3 is 14.9 Å². The fraction of sp³-hybridized carbons (Fsp3) is 0.231. The molecule has 0 spiro atoms. The molecular formula is C13H13F2NO2. The zero-order valence-electron chi connectivity index (χ0n) is 9.55. The van der Waals surface area contributed by atoms with Crippen LogP contribution in [0.3, 0.4) is 0 Å². The Balaban J connectivity index is 2.16. The Bertz CT molecular complexity index is 485. The Morgan fingerprint density at radius 2 is 2.00 bits per heavy atom. The van der Waals surface area contributed by atoms with Crippen LogP contribution >= 0.6 is 0 Å². The first kappa shape index (κ1) is 12.6. The molecule has 96 valence electrons. The van der Waals surface area contributed by atoms with E-state index in [1.807, 2.05) is 0 Å². The molecule has 1 atom stereocenters. The molecular weight excluding hydrogens is 240 g/mol. The third kappa shape index (κ3) is 3.07. The van der Waals surface area contributed by atoms with Crippen molar-refractivity contribution in [2.75, 3.05) is 0 Å². The molecule has 0 bridgehead atoms. The maximum atomic E-state index is 12.3. The van der Waals surface area contributed by atoms with Gasteiger partial charge in [-0.05, 0) is 24.1 Å². The van der Waals surface area contributed by atoms with Crippen molar-refractivity contribution < 1.29 is 17.9 Å². The summed E-state index contributed by atoms with van der Waals surface area (Å²) >= 11 is 0. The van der Waals surface area contributed by atoms with Gasteiger partial charge in [-0.2, -0.15) is 8.78 Å². The summed E-state index contributed by atoms with van der Waals surface area (Å²) in [6, 6.07) is 7.90. The lowest BCUT2D eigenvalue weighted by Gasteiger charge is -2.15. The summed E-state index contributed by atoms with van der Waals surface area (Å²) < 4.78 is 33.9. The first-order chi connectivity index (χ1) is 8.66. The molecule has 3 nitrogen and oxygen atoms in total. The van der Waals surface area contributed by atoms with Crippen molar-refractivity contribution in [1.29, 1.82) is 0 Å². The second-order valence-electron chi connectivity index (χ2n) is 3.86. The Hall–Kier alpha value is -1.88. The van der Waals surface area contributed by atoms with E-state index in [0.29, 0.717) is 12.0 Å². The van der Waals surface area contributed by atoms with E-state index in [9.17, 15) is 8.78 Å². The molecule has 2 N–H and O–H groups in total. The van der Waals surface area contributed by atoms with Gasteiger partial charge in [-0.25, -0.2) is 0 Å². The van der Waals surface area contributed by atoms with Gasteiger partial charge in [0.05, 0.1) is 12.5 Å². The standard InChI is InChI=1S/C13H13F2NO2/c14-13(15)18-12-4-2-1-3-10(12)11(16)7-9-5-6-17-8-9/h1-6,8,11,13H,7,16H2. The van der Waals surface area contributed by atoms with Crippen LogP contribution in [0.2, 0.25) is 0 Å². The van der Waals surface area contributed by atoms with E-state index >= 15 is 0 Å². The van der Waals surface area contributed by atoms with E-state index < -0.39 is 12.7 Å². The number of hydrogen-bond acceptors (Lipinski definition) is 3. The summed E-state index contributed by atoms with van der Waals surface area (Å²) in [5, 5.41) is 0. The van der Waals surface area contributed by atoms with Gasteiger partial charge in [-0.1, -0.05) is 18.2 Å². The number of furan rings is 1. The summed E-state index contributed by atoms with van der Waals surface area (Å²) in [4.78, 5) is 0. The highest BCUT2D eigenvalue weighted by Gasteiger charge is 2.15. The van der Waals surface area contributed by atoms with Crippen LogP contribution in [0.4, 0.5) is 8.78 Å². The summed E-state index contributed by atoms with van der Waals surface area (Å²) in [7, 11) is 0. The predicted octanol–water partition coefficient (Wildman–Crippen LogP) is 3.12. The minimum absolute atomic E-state index is 0.114. The number of ether oxygens (including phenoxy) is 1. The molecule has 2 aromatic rings. The van der Waals surface area contributed by atoms with Gasteiger partial charge in [-0.15, -0.1) is 0 Å². The van der Waals surface area contributed by atoms with Gasteiger partial charge in [-0.3, -0.25) is 0 Å². The van der Waals surface area contributed by atoms with Crippen molar-refractivity contribution in [3.8, 4) is 5.75 Å². The molecule has 0 amide bonds. The number of nitrogens with two attached hydrogens (primary N) is 1. The topological polar surface area (TPSA) is 48.4 Å². The smallest absolute Gasteiger partial charge is 0.387 e. The highest BCUT2D eigenvalue weighted by molar-refractivity contribution is 5.36. The lowest BCUT2D eigenvalue weighted by Crippen LogP contribution is -2.15. The number of para-hydroxylation sites is 1. The van der Waals surface area contributed by atoms with E-state index in [0.717, 1.165) is 5.56 Å². The molecule has 1 aromatic carbocycles. The van der Waals surface area contributed by atoms with Gasteiger partial charge in [0.15, 0.2) is 0 Å². The lowest BCUT2D eigenvalue weighted by molar-refractivity contribution is -0.0506. The maximum Gasteiger partial charge on any atom is 0.387 e. The average Bonchev–Trinajstić information content (AvgIpc) is 2.81. The van der Waals surface area contributed by atoms with Crippen LogP contribution in [0.5, 0.6) is 5.75 Å². The molecule has 0 aliphatic heterocycles. The normalized spacial score (nSPS) is 12.7. The molecule has 0 aliphatic rings. The van der Waals surface area contributed by atoms with Crippen LogP contribution < -0.4 is 10.5 Å². The Morgan fingerprint density at radius 1 is 1.22 bits per heavy atom. The van der Waals surface area contributed by atoms with Gasteiger partial charge in [0.2, 0.25) is 0 Å². The SMILES string of the molecule is NC(Cc1ccoc1)c1ccccc1OC(F)F. The second kappa shape index (κ2) is 5.64. The number of hydrogen-bond donors (Lipinski definition) is 1. The maximum absolute atomic E-state index is 12.3. The third-order valence-electron chi connectivity index (χ3n) is 2.57. The Labute approximate surface area is 103 Å². The van der Waals surface area contributed by atoms with Crippen molar-refractivity contribution in [2.24, 2.45) is 5.73 Å². The number of halogens is 2. The van der Waals surface area contributed by atoms with E-state index in [4.69, 9.17) is 10.2 Å². The van der Waals surface area contributed by atoms with Gasteiger partial charge in [0.25, 0.3) is 0 Å². The fourth-order valence-electron chi connectivity index (χ4n) is 1.76. The molecule has 0 fully saturated rings. The van der Waals surface area contributed by atoms with Crippen molar-refractivity contribution >= 4 is 0 Å². The van der Waals surface area contributed by atoms with Crippen LogP contribution in [-0.2, 0) is 6.42 Å². The molecule has 18 heavy (non-hydrogen) atoms. The molecule has 1 heterocycles. The van der Waals surface area contributed by atoms with Crippen LogP contribution in [0.25, 0.3) is 0 Å². The number of alkyl halides is 2. The zero-order valence-corrected chi connectivity index (χ0v) is 9.55. The number of benzene rings is 1. The van der Waals surface area contributed by atoms with Crippen LogP contribution in [0.1, 0.15) is 17.2 Å². The summed E-state index contributed by atoms with van der Waals surface area (Å²) in [6.45, 7) is -2.85.